The fraction of sp³-hybridized carbons (Fsp3) is 0.286. The van der Waals surface area contributed by atoms with E-state index in [9.17, 15) is 32.7 Å². The number of alkyl halides is 3. The molecule has 5 rings (SSSR count). The summed E-state index contributed by atoms with van der Waals surface area (Å²) in [6.07, 6.45) is -5.12. The van der Waals surface area contributed by atoms with Crippen molar-refractivity contribution in [3.05, 3.63) is 96.1 Å². The Kier molecular flexibility index (Phi) is 10.1. The first-order valence-corrected chi connectivity index (χ1v) is 15.3. The zero-order valence-corrected chi connectivity index (χ0v) is 26.5. The number of carbonyl (C=O) groups excluding carboxylic acids is 3. The van der Waals surface area contributed by atoms with Crippen molar-refractivity contribution in [1.82, 2.24) is 9.80 Å². The van der Waals surface area contributed by atoms with Gasteiger partial charge >= 0.3 is 18.2 Å². The molecule has 13 heteroatoms. The van der Waals surface area contributed by atoms with Crippen LogP contribution in [-0.2, 0) is 6.18 Å². The van der Waals surface area contributed by atoms with Crippen molar-refractivity contribution in [2.45, 2.75) is 32.2 Å². The van der Waals surface area contributed by atoms with Crippen LogP contribution in [0.3, 0.4) is 0 Å². The highest BCUT2D eigenvalue weighted by Crippen LogP contribution is 2.32. The van der Waals surface area contributed by atoms with E-state index >= 15 is 0 Å². The normalized spacial score (nSPS) is 17.0. The van der Waals surface area contributed by atoms with E-state index in [4.69, 9.17) is 4.74 Å². The van der Waals surface area contributed by atoms with Gasteiger partial charge in [0.2, 0.25) is 0 Å². The van der Waals surface area contributed by atoms with Gasteiger partial charge < -0.3 is 35.6 Å². The average Bonchev–Trinajstić information content (AvgIpc) is 3.06. The quantitative estimate of drug-likeness (QED) is 0.172. The zero-order valence-electron chi connectivity index (χ0n) is 26.5. The summed E-state index contributed by atoms with van der Waals surface area (Å²) in [6, 6.07) is 20.4. The highest BCUT2D eigenvalue weighted by atomic mass is 19.4. The smallest absolute Gasteiger partial charge is 0.416 e. The van der Waals surface area contributed by atoms with Crippen molar-refractivity contribution in [2.75, 3.05) is 42.7 Å². The Morgan fingerprint density at radius 1 is 0.979 bits per heavy atom. The molecule has 4 N–H and O–H groups in total. The number of likely N-dealkylation sites (N-methyl/N-ethyl adjacent to an activating group) is 1. The van der Waals surface area contributed by atoms with Gasteiger partial charge in [-0.1, -0.05) is 43.3 Å². The third-order valence-electron chi connectivity index (χ3n) is 8.22. The summed E-state index contributed by atoms with van der Waals surface area (Å²) in [7, 11) is 1.52. The molecule has 3 atom stereocenters. The van der Waals surface area contributed by atoms with Crippen molar-refractivity contribution < 1.29 is 37.4 Å². The van der Waals surface area contributed by atoms with E-state index in [1.807, 2.05) is 43.3 Å². The van der Waals surface area contributed by atoms with Gasteiger partial charge in [-0.2, -0.15) is 13.2 Å². The molecule has 0 saturated carbocycles. The standard InChI is InChI=1S/C35H36F3N5O5/c1-21-18-43(22(2)20-44)32(45)28-17-26(39-33(46)41-29-10-6-8-23-7-4-5-9-27(23)29)15-16-30(28)48-31(21)19-42(3)34(47)40-25-13-11-24(12-14-25)35(36,37)38/h4-17,21-22,31,44H,18-20H2,1-3H3,(H,40,47)(H2,39,41,46)/t21-,22+,31+/m1/s1. The first kappa shape index (κ1) is 34.0. The lowest BCUT2D eigenvalue weighted by Crippen LogP contribution is -2.50. The second-order valence-electron chi connectivity index (χ2n) is 11.8. The molecule has 5 amide bonds. The van der Waals surface area contributed by atoms with Gasteiger partial charge in [-0.3, -0.25) is 4.79 Å². The predicted octanol–water partition coefficient (Wildman–Crippen LogP) is 6.89. The van der Waals surface area contributed by atoms with E-state index in [2.05, 4.69) is 16.0 Å². The number of anilines is 3. The maximum absolute atomic E-state index is 13.8. The number of hydrogen-bond donors (Lipinski definition) is 4. The number of aliphatic hydroxyl groups excluding tert-OH is 1. The molecule has 4 aromatic rings. The number of nitrogens with one attached hydrogen (secondary N) is 3. The summed E-state index contributed by atoms with van der Waals surface area (Å²) in [5.74, 6) is -0.478. The Bertz CT molecular complexity index is 1790. The van der Waals surface area contributed by atoms with Crippen LogP contribution in [0.15, 0.2) is 84.9 Å². The van der Waals surface area contributed by atoms with E-state index in [0.717, 1.165) is 22.9 Å². The van der Waals surface area contributed by atoms with Gasteiger partial charge in [0.15, 0.2) is 0 Å². The molecular weight excluding hydrogens is 627 g/mol. The number of carbonyl (C=O) groups is 3. The second-order valence-corrected chi connectivity index (χ2v) is 11.8. The molecule has 0 fully saturated rings. The molecule has 10 nitrogen and oxygen atoms in total. The van der Waals surface area contributed by atoms with Gasteiger partial charge in [-0.25, -0.2) is 9.59 Å². The molecule has 4 aromatic carbocycles. The van der Waals surface area contributed by atoms with Gasteiger partial charge in [0.25, 0.3) is 5.91 Å². The van der Waals surface area contributed by atoms with Gasteiger partial charge in [-0.15, -0.1) is 0 Å². The Labute approximate surface area is 275 Å². The predicted molar refractivity (Wildman–Crippen MR) is 177 cm³/mol. The molecule has 0 aromatic heterocycles. The van der Waals surface area contributed by atoms with Gasteiger partial charge in [0.05, 0.1) is 36.0 Å². The van der Waals surface area contributed by atoms with Crippen LogP contribution in [0.1, 0.15) is 29.8 Å². The third-order valence-corrected chi connectivity index (χ3v) is 8.22. The van der Waals surface area contributed by atoms with Crippen LogP contribution in [0.2, 0.25) is 0 Å². The largest absolute Gasteiger partial charge is 0.487 e. The van der Waals surface area contributed by atoms with Crippen LogP contribution in [0.25, 0.3) is 10.8 Å². The molecule has 0 radical (unpaired) electrons. The molecule has 0 unspecified atom stereocenters. The minimum absolute atomic E-state index is 0.0655. The third kappa shape index (κ3) is 7.80. The number of fused-ring (bicyclic) bond motifs is 2. The van der Waals surface area contributed by atoms with E-state index in [-0.39, 0.29) is 42.6 Å². The number of aliphatic hydroxyl groups is 1. The Morgan fingerprint density at radius 2 is 1.67 bits per heavy atom. The Hall–Kier alpha value is -5.30. The molecule has 0 bridgehead atoms. The van der Waals surface area contributed by atoms with Crippen LogP contribution >= 0.6 is 0 Å². The van der Waals surface area contributed by atoms with E-state index in [0.29, 0.717) is 11.4 Å². The van der Waals surface area contributed by atoms with E-state index < -0.39 is 41.9 Å². The lowest BCUT2D eigenvalue weighted by atomic mass is 9.99. The lowest BCUT2D eigenvalue weighted by Gasteiger charge is -2.38. The van der Waals surface area contributed by atoms with Gasteiger partial charge in [0, 0.05) is 36.3 Å². The molecule has 0 saturated heterocycles. The molecular formula is C35H36F3N5O5. The number of nitrogens with zero attached hydrogens (tertiary/aromatic N) is 2. The second kappa shape index (κ2) is 14.2. The number of amides is 5. The Balaban J connectivity index is 1.34. The van der Waals surface area contributed by atoms with Crippen molar-refractivity contribution in [3.63, 3.8) is 0 Å². The minimum Gasteiger partial charge on any atom is -0.487 e. The molecule has 1 aliphatic heterocycles. The molecule has 252 valence electrons. The van der Waals surface area contributed by atoms with Crippen LogP contribution in [0, 0.1) is 5.92 Å². The fourth-order valence-corrected chi connectivity index (χ4v) is 5.45. The lowest BCUT2D eigenvalue weighted by molar-refractivity contribution is -0.137. The maximum atomic E-state index is 13.8. The summed E-state index contributed by atoms with van der Waals surface area (Å²) < 4.78 is 45.1. The SMILES string of the molecule is C[C@@H]1CN([C@@H](C)CO)C(=O)c2cc(NC(=O)Nc3cccc4ccccc34)ccc2O[C@H]1CN(C)C(=O)Nc1ccc(C(F)(F)F)cc1. The number of urea groups is 2. The van der Waals surface area contributed by atoms with E-state index in [1.54, 1.807) is 25.1 Å². The molecule has 1 aliphatic rings. The summed E-state index contributed by atoms with van der Waals surface area (Å²) >= 11 is 0. The number of rotatable bonds is 7. The minimum atomic E-state index is -4.50. The van der Waals surface area contributed by atoms with Crippen LogP contribution in [0.4, 0.5) is 39.8 Å². The van der Waals surface area contributed by atoms with Crippen molar-refractivity contribution in [2.24, 2.45) is 5.92 Å². The average molecular weight is 664 g/mol. The molecule has 0 spiro atoms. The molecule has 0 aliphatic carbocycles. The summed E-state index contributed by atoms with van der Waals surface area (Å²) in [6.45, 7) is 3.54. The van der Waals surface area contributed by atoms with Crippen molar-refractivity contribution in [3.8, 4) is 5.75 Å². The summed E-state index contributed by atoms with van der Waals surface area (Å²) in [5, 5.41) is 20.0. The number of hydrogen-bond acceptors (Lipinski definition) is 5. The topological polar surface area (TPSA) is 123 Å². The highest BCUT2D eigenvalue weighted by Gasteiger charge is 2.34. The zero-order chi connectivity index (χ0) is 34.6. The summed E-state index contributed by atoms with van der Waals surface area (Å²) in [5.41, 5.74) is 0.465. The number of ether oxygens (including phenoxy) is 1. The first-order chi connectivity index (χ1) is 22.8. The molecule has 48 heavy (non-hydrogen) atoms. The van der Waals surface area contributed by atoms with E-state index in [1.165, 1.54) is 35.0 Å². The van der Waals surface area contributed by atoms with Crippen molar-refractivity contribution in [1.29, 1.82) is 0 Å². The summed E-state index contributed by atoms with van der Waals surface area (Å²) in [4.78, 5) is 42.7. The monoisotopic (exact) mass is 663 g/mol. The van der Waals surface area contributed by atoms with Gasteiger partial charge in [0.1, 0.15) is 11.9 Å². The number of halogens is 3. The van der Waals surface area contributed by atoms with Gasteiger partial charge in [-0.05, 0) is 60.8 Å². The van der Waals surface area contributed by atoms with Crippen LogP contribution < -0.4 is 20.7 Å². The van der Waals surface area contributed by atoms with Crippen LogP contribution in [0.5, 0.6) is 5.75 Å². The fourth-order valence-electron chi connectivity index (χ4n) is 5.45. The van der Waals surface area contributed by atoms with Crippen LogP contribution in [-0.4, -0.2) is 71.8 Å². The highest BCUT2D eigenvalue weighted by molar-refractivity contribution is 6.07. The Morgan fingerprint density at radius 3 is 2.38 bits per heavy atom. The van der Waals surface area contributed by atoms with Crippen molar-refractivity contribution >= 4 is 45.8 Å². The molecule has 1 heterocycles. The maximum Gasteiger partial charge on any atom is 0.416 e. The first-order valence-electron chi connectivity index (χ1n) is 15.3. The number of benzene rings is 4.